The van der Waals surface area contributed by atoms with Crippen LogP contribution in [-0.4, -0.2) is 54.1 Å². The van der Waals surface area contributed by atoms with Crippen molar-refractivity contribution in [1.82, 2.24) is 14.9 Å². The number of rotatable bonds is 4. The summed E-state index contributed by atoms with van der Waals surface area (Å²) in [5, 5.41) is 0. The predicted molar refractivity (Wildman–Crippen MR) is 89.5 cm³/mol. The number of aryl methyl sites for hydroxylation is 2. The van der Waals surface area contributed by atoms with Crippen LogP contribution in [0.3, 0.4) is 0 Å². The zero-order chi connectivity index (χ0) is 17.3. The minimum Gasteiger partial charge on any atom is -0.471 e. The third-order valence-corrected chi connectivity index (χ3v) is 4.05. The molecule has 1 saturated heterocycles. The zero-order valence-corrected chi connectivity index (χ0v) is 14.4. The van der Waals surface area contributed by atoms with Crippen molar-refractivity contribution in [2.75, 3.05) is 32.1 Å². The van der Waals surface area contributed by atoms with Crippen molar-refractivity contribution >= 4 is 11.7 Å². The Hall–Kier alpha value is -2.57. The van der Waals surface area contributed by atoms with Crippen molar-refractivity contribution in [3.8, 4) is 5.88 Å². The van der Waals surface area contributed by atoms with E-state index >= 15 is 0 Å². The molecule has 2 aromatic heterocycles. The standard InChI is InChI=1S/C17H22N4O3/c1-11-7-14(12(2)23-11)17(22)21-6-5-13(10-21)24-16-9-18-8-15(19-16)20(3)4/h7-9,13H,5-6,10H2,1-4H3/t13-/m1/s1. The van der Waals surface area contributed by atoms with Gasteiger partial charge in [-0.1, -0.05) is 0 Å². The summed E-state index contributed by atoms with van der Waals surface area (Å²) < 4.78 is 11.4. The van der Waals surface area contributed by atoms with Crippen LogP contribution >= 0.6 is 0 Å². The second-order valence-electron chi connectivity index (χ2n) is 6.22. The number of likely N-dealkylation sites (tertiary alicyclic amines) is 1. The Morgan fingerprint density at radius 3 is 2.83 bits per heavy atom. The number of hydrogen-bond acceptors (Lipinski definition) is 6. The van der Waals surface area contributed by atoms with E-state index in [1.54, 1.807) is 23.4 Å². The second kappa shape index (κ2) is 6.51. The van der Waals surface area contributed by atoms with E-state index in [2.05, 4.69) is 9.97 Å². The van der Waals surface area contributed by atoms with E-state index < -0.39 is 0 Å². The van der Waals surface area contributed by atoms with Crippen molar-refractivity contribution < 1.29 is 13.9 Å². The number of anilines is 1. The molecule has 1 fully saturated rings. The molecule has 7 nitrogen and oxygen atoms in total. The summed E-state index contributed by atoms with van der Waals surface area (Å²) in [4.78, 5) is 24.8. The second-order valence-corrected chi connectivity index (χ2v) is 6.22. The summed E-state index contributed by atoms with van der Waals surface area (Å²) >= 11 is 0. The number of aromatic nitrogens is 2. The van der Waals surface area contributed by atoms with Crippen LogP contribution in [-0.2, 0) is 0 Å². The van der Waals surface area contributed by atoms with Crippen LogP contribution in [0.15, 0.2) is 22.9 Å². The van der Waals surface area contributed by atoms with Gasteiger partial charge in [0.05, 0.1) is 24.5 Å². The smallest absolute Gasteiger partial charge is 0.257 e. The van der Waals surface area contributed by atoms with Gasteiger partial charge in [0.1, 0.15) is 17.6 Å². The highest BCUT2D eigenvalue weighted by molar-refractivity contribution is 5.95. The number of hydrogen-bond donors (Lipinski definition) is 0. The van der Waals surface area contributed by atoms with Crippen LogP contribution in [0.4, 0.5) is 5.82 Å². The van der Waals surface area contributed by atoms with Crippen molar-refractivity contribution in [2.24, 2.45) is 0 Å². The Bertz CT molecular complexity index is 741. The zero-order valence-electron chi connectivity index (χ0n) is 14.4. The monoisotopic (exact) mass is 330 g/mol. The lowest BCUT2D eigenvalue weighted by molar-refractivity contribution is 0.0769. The van der Waals surface area contributed by atoms with Gasteiger partial charge in [0.15, 0.2) is 5.82 Å². The van der Waals surface area contributed by atoms with Crippen molar-refractivity contribution in [1.29, 1.82) is 0 Å². The molecule has 0 spiro atoms. The van der Waals surface area contributed by atoms with Gasteiger partial charge in [-0.2, -0.15) is 4.98 Å². The summed E-state index contributed by atoms with van der Waals surface area (Å²) in [6.45, 7) is 4.85. The lowest BCUT2D eigenvalue weighted by Gasteiger charge is -2.17. The fraction of sp³-hybridized carbons (Fsp3) is 0.471. The fourth-order valence-corrected chi connectivity index (χ4v) is 2.80. The molecule has 1 atom stereocenters. The van der Waals surface area contributed by atoms with Gasteiger partial charge in [0.25, 0.3) is 5.91 Å². The molecule has 128 valence electrons. The van der Waals surface area contributed by atoms with Crippen LogP contribution in [0.1, 0.15) is 28.3 Å². The van der Waals surface area contributed by atoms with Crippen LogP contribution in [0.5, 0.6) is 5.88 Å². The number of carbonyl (C=O) groups is 1. The number of amides is 1. The lowest BCUT2D eigenvalue weighted by Crippen LogP contribution is -2.31. The molecule has 0 aliphatic carbocycles. The van der Waals surface area contributed by atoms with E-state index in [1.807, 2.05) is 32.8 Å². The first-order valence-electron chi connectivity index (χ1n) is 7.96. The average Bonchev–Trinajstić information content (AvgIpc) is 3.13. The summed E-state index contributed by atoms with van der Waals surface area (Å²) in [5.41, 5.74) is 0.627. The molecule has 3 rings (SSSR count). The first-order chi connectivity index (χ1) is 11.4. The highest BCUT2D eigenvalue weighted by Crippen LogP contribution is 2.22. The summed E-state index contributed by atoms with van der Waals surface area (Å²) in [6.07, 6.45) is 3.98. The van der Waals surface area contributed by atoms with Gasteiger partial charge in [-0.15, -0.1) is 0 Å². The molecule has 2 aromatic rings. The molecular weight excluding hydrogens is 308 g/mol. The number of ether oxygens (including phenoxy) is 1. The normalized spacial score (nSPS) is 17.2. The van der Waals surface area contributed by atoms with Crippen LogP contribution in [0.25, 0.3) is 0 Å². The summed E-state index contributed by atoms with van der Waals surface area (Å²) in [6, 6.07) is 1.79. The SMILES string of the molecule is Cc1cc(C(=O)N2CC[C@@H](Oc3cncc(N(C)C)n3)C2)c(C)o1. The number of furan rings is 1. The molecule has 3 heterocycles. The van der Waals surface area contributed by atoms with E-state index in [4.69, 9.17) is 9.15 Å². The van der Waals surface area contributed by atoms with Gasteiger partial charge in [-0.05, 0) is 19.9 Å². The minimum atomic E-state index is -0.0750. The van der Waals surface area contributed by atoms with E-state index in [0.717, 1.165) is 18.0 Å². The third-order valence-electron chi connectivity index (χ3n) is 4.05. The molecule has 0 bridgehead atoms. The molecule has 1 aliphatic heterocycles. The predicted octanol–water partition coefficient (Wildman–Crippen LogP) is 2.05. The van der Waals surface area contributed by atoms with Gasteiger partial charge in [-0.25, -0.2) is 0 Å². The molecule has 0 radical (unpaired) electrons. The molecule has 0 unspecified atom stereocenters. The molecule has 1 amide bonds. The first-order valence-corrected chi connectivity index (χ1v) is 7.96. The molecule has 0 saturated carbocycles. The average molecular weight is 330 g/mol. The van der Waals surface area contributed by atoms with Gasteiger partial charge < -0.3 is 19.0 Å². The van der Waals surface area contributed by atoms with E-state index in [1.165, 1.54) is 0 Å². The van der Waals surface area contributed by atoms with Crippen LogP contribution in [0.2, 0.25) is 0 Å². The molecular formula is C17H22N4O3. The number of carbonyl (C=O) groups excluding carboxylic acids is 1. The highest BCUT2D eigenvalue weighted by atomic mass is 16.5. The Balaban J connectivity index is 1.64. The molecule has 7 heteroatoms. The van der Waals surface area contributed by atoms with Gasteiger partial charge in [0.2, 0.25) is 5.88 Å². The van der Waals surface area contributed by atoms with E-state index in [-0.39, 0.29) is 12.0 Å². The van der Waals surface area contributed by atoms with Crippen molar-refractivity contribution in [2.45, 2.75) is 26.4 Å². The van der Waals surface area contributed by atoms with Crippen LogP contribution in [0, 0.1) is 13.8 Å². The van der Waals surface area contributed by atoms with Gasteiger partial charge in [0, 0.05) is 27.1 Å². The lowest BCUT2D eigenvalue weighted by atomic mass is 10.2. The highest BCUT2D eigenvalue weighted by Gasteiger charge is 2.30. The Morgan fingerprint density at radius 1 is 1.38 bits per heavy atom. The van der Waals surface area contributed by atoms with Crippen molar-refractivity contribution in [3.05, 3.63) is 35.5 Å². The quantitative estimate of drug-likeness (QED) is 0.854. The van der Waals surface area contributed by atoms with E-state index in [9.17, 15) is 4.79 Å². The van der Waals surface area contributed by atoms with E-state index in [0.29, 0.717) is 30.3 Å². The first kappa shape index (κ1) is 16.3. The third kappa shape index (κ3) is 3.34. The maximum Gasteiger partial charge on any atom is 0.257 e. The largest absolute Gasteiger partial charge is 0.471 e. The molecule has 0 N–H and O–H groups in total. The Labute approximate surface area is 141 Å². The Morgan fingerprint density at radius 2 is 2.17 bits per heavy atom. The Kier molecular flexibility index (Phi) is 4.42. The molecule has 24 heavy (non-hydrogen) atoms. The summed E-state index contributed by atoms with van der Waals surface area (Å²) in [5.74, 6) is 2.62. The number of nitrogens with zero attached hydrogens (tertiary/aromatic N) is 4. The van der Waals surface area contributed by atoms with Crippen LogP contribution < -0.4 is 9.64 Å². The van der Waals surface area contributed by atoms with Crippen molar-refractivity contribution in [3.63, 3.8) is 0 Å². The minimum absolute atomic E-state index is 0.0106. The maximum absolute atomic E-state index is 12.6. The maximum atomic E-state index is 12.6. The topological polar surface area (TPSA) is 71.7 Å². The van der Waals surface area contributed by atoms with Gasteiger partial charge >= 0.3 is 0 Å². The fourth-order valence-electron chi connectivity index (χ4n) is 2.80. The van der Waals surface area contributed by atoms with Gasteiger partial charge in [-0.3, -0.25) is 9.78 Å². The molecule has 0 aromatic carbocycles. The summed E-state index contributed by atoms with van der Waals surface area (Å²) in [7, 11) is 3.80. The molecule has 1 aliphatic rings.